The maximum atomic E-state index is 14.8. The van der Waals surface area contributed by atoms with Crippen molar-refractivity contribution in [3.8, 4) is 49.5 Å². The third-order valence-electron chi connectivity index (χ3n) is 16.2. The molecule has 95 heavy (non-hydrogen) atoms. The van der Waals surface area contributed by atoms with Crippen LogP contribution in [-0.2, 0) is 39.9 Å². The fraction of sp³-hybridized carbons (Fsp3) is 0.476. The van der Waals surface area contributed by atoms with E-state index in [-0.39, 0.29) is 93.3 Å². The van der Waals surface area contributed by atoms with Gasteiger partial charge in [0, 0.05) is 81.7 Å². The molecule has 7 amide bonds. The molecule has 32 heteroatoms. The number of phenols is 1. The minimum Gasteiger partial charge on any atom is -0.504 e. The molecule has 0 aliphatic carbocycles. The van der Waals surface area contributed by atoms with Gasteiger partial charge in [0.05, 0.1) is 49.8 Å². The molecule has 0 spiro atoms. The fourth-order valence-corrected chi connectivity index (χ4v) is 12.0. The highest BCUT2D eigenvalue weighted by atomic mass is 35.5. The Morgan fingerprint density at radius 1 is 0.705 bits per heavy atom. The Morgan fingerprint density at radius 2 is 1.32 bits per heavy atom. The smallest absolute Gasteiger partial charge is 0.251 e. The van der Waals surface area contributed by atoms with Crippen molar-refractivity contribution >= 4 is 77.5 Å². The highest BCUT2D eigenvalue weighted by Crippen LogP contribution is 2.33. The molecule has 3 aliphatic rings. The molecule has 29 nitrogen and oxygen atoms in total. The second-order valence-electron chi connectivity index (χ2n) is 23.1. The van der Waals surface area contributed by atoms with Crippen LogP contribution in [0.5, 0.6) is 17.2 Å². The molecule has 5 aromatic rings. The molecule has 0 bridgehead atoms. The van der Waals surface area contributed by atoms with Crippen molar-refractivity contribution < 1.29 is 88.6 Å². The number of benzene rings is 4. The van der Waals surface area contributed by atoms with E-state index in [2.05, 4.69) is 42.1 Å². The summed E-state index contributed by atoms with van der Waals surface area (Å²) in [6.07, 6.45) is -12.0. The number of hydrogen-bond donors (Lipinski definition) is 15. The van der Waals surface area contributed by atoms with Gasteiger partial charge in [-0.2, -0.15) is 0 Å². The van der Waals surface area contributed by atoms with E-state index in [1.807, 2.05) is 48.5 Å². The lowest BCUT2D eigenvalue weighted by Crippen LogP contribution is -2.64. The fourth-order valence-electron chi connectivity index (χ4n) is 11.1. The lowest BCUT2D eigenvalue weighted by Gasteiger charge is -2.34. The van der Waals surface area contributed by atoms with E-state index >= 15 is 0 Å². The summed E-state index contributed by atoms with van der Waals surface area (Å²) in [6.45, 7) is 2.29. The van der Waals surface area contributed by atoms with Crippen molar-refractivity contribution in [1.29, 1.82) is 0 Å². The molecule has 8 rings (SSSR count). The highest BCUT2D eigenvalue weighted by molar-refractivity contribution is 7.17. The Hall–Kier alpha value is -7.69. The number of aliphatic hydroxyl groups excluding tert-OH is 7. The van der Waals surface area contributed by atoms with Gasteiger partial charge in [0.15, 0.2) is 11.5 Å². The van der Waals surface area contributed by atoms with Gasteiger partial charge in [0.25, 0.3) is 5.91 Å². The summed E-state index contributed by atoms with van der Waals surface area (Å²) < 4.78 is 16.4. The zero-order valence-electron chi connectivity index (χ0n) is 52.3. The molecular weight excluding hydrogens is 1300 g/mol. The zero-order valence-corrected chi connectivity index (χ0v) is 54.8. The molecule has 4 heterocycles. The van der Waals surface area contributed by atoms with Crippen LogP contribution in [0.25, 0.3) is 32.3 Å². The third-order valence-corrected chi connectivity index (χ3v) is 17.2. The normalized spacial score (nSPS) is 24.0. The summed E-state index contributed by atoms with van der Waals surface area (Å²) in [5, 5.41) is 114. The predicted molar refractivity (Wildman–Crippen MR) is 350 cm³/mol. The van der Waals surface area contributed by atoms with Gasteiger partial charge in [0.1, 0.15) is 65.2 Å². The number of hydrogen-bond acceptors (Lipinski definition) is 23. The van der Waals surface area contributed by atoms with E-state index in [1.54, 1.807) is 19.2 Å². The molecule has 0 unspecified atom stereocenters. The number of aromatic hydroxyl groups is 1. The van der Waals surface area contributed by atoms with Gasteiger partial charge in [-0.3, -0.25) is 33.6 Å². The van der Waals surface area contributed by atoms with Gasteiger partial charge in [-0.1, -0.05) is 72.9 Å². The maximum absolute atomic E-state index is 14.8. The molecule has 1 aromatic heterocycles. The molecule has 16 N–H and O–H groups in total. The summed E-state index contributed by atoms with van der Waals surface area (Å²) in [5.74, 6) is -8.03. The van der Waals surface area contributed by atoms with E-state index < -0.39 is 152 Å². The maximum Gasteiger partial charge on any atom is 0.251 e. The first-order chi connectivity index (χ1) is 44.6. The van der Waals surface area contributed by atoms with Gasteiger partial charge in [-0.15, -0.1) is 35.0 Å². The van der Waals surface area contributed by atoms with Crippen molar-refractivity contribution in [3.63, 3.8) is 0 Å². The summed E-state index contributed by atoms with van der Waals surface area (Å²) >= 11 is 1.30. The van der Waals surface area contributed by atoms with Crippen LogP contribution in [0.1, 0.15) is 49.0 Å². The van der Waals surface area contributed by atoms with Crippen LogP contribution in [0, 0.1) is 5.92 Å². The number of aliphatic hydroxyl groups is 7. The topological polar surface area (TPSA) is 439 Å². The van der Waals surface area contributed by atoms with Crippen LogP contribution >= 0.6 is 36.2 Å². The van der Waals surface area contributed by atoms with Crippen LogP contribution in [0.3, 0.4) is 0 Å². The van der Waals surface area contributed by atoms with E-state index in [9.17, 15) is 69.3 Å². The number of phenolic OH excluding ortho intramolecular Hbond substituents is 1. The number of amides is 7. The number of carbonyl (C=O) groups excluding carboxylic acids is 7. The number of aromatic nitrogens is 2. The minimum absolute atomic E-state index is 0. The minimum atomic E-state index is -2.06. The molecule has 3 fully saturated rings. The number of nitrogens with zero attached hydrogens (tertiary/aromatic N) is 4. The Balaban J connectivity index is 0.00000714. The van der Waals surface area contributed by atoms with E-state index in [0.29, 0.717) is 28.8 Å². The number of ether oxygens (including phenoxy) is 3. The van der Waals surface area contributed by atoms with E-state index in [4.69, 9.17) is 25.1 Å². The standard InChI is InChI=1S/C63H81N11O18S.2ClH/c1-33-31-74-53(54(33)82)59(87)66-30-41(77)28-44(67-55(83)38-7-11-40(12-8-38)61-72-71-60(93-61)39-9-5-36(6-10-39)37-13-15-43(16-14-37)91-25-24-90-3)56(84)68-50(34(2)76)62(88)73-32-42(78)29-45(73)57(85)69-51(58(86)70-52(63(74)89)47(80)18-19-64)48(81)26-35-4-17-46(79)49(27-35)92-23-21-65-20-22-75;;/h4-17,27,33-34,41-42,44-45,47-48,50-54,65,75-82H,18-26,28-32,64H2,1-3H3,(H,66,87)(H,67,83)(H,68,84)(H,69,85)(H,70,86);2*1H/t33-,34+,41+,42+,44-,45-,47+,48+,50-,51-,52-,53-,54-;;/m0../s1. The van der Waals surface area contributed by atoms with Crippen LogP contribution in [0.2, 0.25) is 0 Å². The molecule has 0 saturated carbocycles. The van der Waals surface area contributed by atoms with Crippen LogP contribution < -0.4 is 47.1 Å². The van der Waals surface area contributed by atoms with E-state index in [1.165, 1.54) is 48.6 Å². The van der Waals surface area contributed by atoms with Gasteiger partial charge in [-0.05, 0) is 73.0 Å². The number of methoxy groups -OCH3 is 1. The van der Waals surface area contributed by atoms with Crippen molar-refractivity contribution in [3.05, 3.63) is 102 Å². The van der Waals surface area contributed by atoms with Gasteiger partial charge in [-0.25, -0.2) is 0 Å². The van der Waals surface area contributed by atoms with Gasteiger partial charge in [0.2, 0.25) is 35.4 Å². The summed E-state index contributed by atoms with van der Waals surface area (Å²) in [4.78, 5) is 103. The number of halogens is 2. The Morgan fingerprint density at radius 3 is 1.95 bits per heavy atom. The second-order valence-corrected chi connectivity index (χ2v) is 24.1. The molecular formula is C63H83Cl2N11O18S. The SMILES string of the molecule is COCCOc1ccc(-c2ccc(-c3nnc(-c4ccc(C(=O)N[C@H]5C[C@@H](O)CNC(=O)[C@@H]6[C@@H](O)[C@@H](C)CN6C(=O)[C@H]([C@H](O)CCN)NC(=O)[C@H]([C@H](O)Cc6ccc(O)c(OCCNCCO)c6)NC(=O)[C@@H]6C[C@@H](O)CN6C(=O)[C@H]([C@@H](C)O)NC5=O)cc4)s3)cc2)cc1.Cl.Cl. The molecule has 13 atom stereocenters. The van der Waals surface area contributed by atoms with Gasteiger partial charge >= 0.3 is 0 Å². The number of β-amino-alcohol motifs (C(OH)–C–C–N with tert-alkyl or cyclic N) is 1. The number of rotatable bonds is 22. The molecule has 3 saturated heterocycles. The Kier molecular flexibility index (Phi) is 28.8. The Bertz CT molecular complexity index is 3380. The lowest BCUT2D eigenvalue weighted by molar-refractivity contribution is -0.147. The van der Waals surface area contributed by atoms with Crippen molar-refractivity contribution in [2.75, 3.05) is 72.8 Å². The zero-order chi connectivity index (χ0) is 67.0. The first kappa shape index (κ1) is 76.3. The molecule has 518 valence electrons. The second kappa shape index (κ2) is 35.9. The average Bonchev–Trinajstić information content (AvgIpc) is 1.74. The quantitative estimate of drug-likeness (QED) is 0.0346. The number of nitrogens with two attached hydrogens (primary N) is 1. The summed E-state index contributed by atoms with van der Waals surface area (Å²) in [5.41, 5.74) is 9.43. The van der Waals surface area contributed by atoms with Crippen molar-refractivity contribution in [2.45, 2.75) is 112 Å². The van der Waals surface area contributed by atoms with Crippen LogP contribution in [-0.4, -0.2) is 248 Å². The highest BCUT2D eigenvalue weighted by Gasteiger charge is 2.50. The number of fused-ring (bicyclic) bond motifs is 2. The first-order valence-corrected chi connectivity index (χ1v) is 31.3. The number of carbonyl (C=O) groups is 7. The van der Waals surface area contributed by atoms with Gasteiger partial charge < -0.3 is 102 Å². The van der Waals surface area contributed by atoms with Crippen LogP contribution in [0.15, 0.2) is 91.0 Å². The van der Waals surface area contributed by atoms with Crippen molar-refractivity contribution in [2.24, 2.45) is 11.7 Å². The molecule has 4 aromatic carbocycles. The largest absolute Gasteiger partial charge is 0.504 e. The Labute approximate surface area is 563 Å². The third kappa shape index (κ3) is 19.7. The number of nitrogens with one attached hydrogen (secondary N) is 6. The summed E-state index contributed by atoms with van der Waals surface area (Å²) in [6, 6.07) is 14.5. The monoisotopic (exact) mass is 1380 g/mol. The average molecular weight is 1390 g/mol. The van der Waals surface area contributed by atoms with E-state index in [0.717, 1.165) is 39.2 Å². The van der Waals surface area contributed by atoms with Crippen molar-refractivity contribution in [1.82, 2.24) is 51.9 Å². The molecule has 3 aliphatic heterocycles. The predicted octanol–water partition coefficient (Wildman–Crippen LogP) is -1.63. The lowest BCUT2D eigenvalue weighted by atomic mass is 9.98. The first-order valence-electron chi connectivity index (χ1n) is 30.5. The van der Waals surface area contributed by atoms with Crippen LogP contribution in [0.4, 0.5) is 0 Å². The summed E-state index contributed by atoms with van der Waals surface area (Å²) in [7, 11) is 1.61. The molecule has 0 radical (unpaired) electrons.